The topological polar surface area (TPSA) is 93.1 Å². The van der Waals surface area contributed by atoms with E-state index in [-0.39, 0.29) is 16.8 Å². The lowest BCUT2D eigenvalue weighted by atomic mass is 10.1. The number of anilines is 1. The summed E-state index contributed by atoms with van der Waals surface area (Å²) in [6.07, 6.45) is 0.721. The van der Waals surface area contributed by atoms with E-state index >= 15 is 0 Å². The van der Waals surface area contributed by atoms with Gasteiger partial charge in [0.25, 0.3) is 15.9 Å². The minimum Gasteiger partial charge on any atom is -0.349 e. The highest BCUT2D eigenvalue weighted by atomic mass is 32.2. The molecular weight excluding hydrogens is 456 g/mol. The summed E-state index contributed by atoms with van der Waals surface area (Å²) < 4.78 is 30.3. The number of hydrogen-bond acceptors (Lipinski definition) is 5. The van der Waals surface area contributed by atoms with E-state index < -0.39 is 10.0 Å². The van der Waals surface area contributed by atoms with Gasteiger partial charge in [-0.05, 0) is 56.5 Å². The van der Waals surface area contributed by atoms with Crippen molar-refractivity contribution in [2.75, 3.05) is 4.72 Å². The summed E-state index contributed by atoms with van der Waals surface area (Å²) >= 11 is 1.65. The first-order valence-electron chi connectivity index (χ1n) is 10.7. The number of imidazole rings is 1. The van der Waals surface area contributed by atoms with Gasteiger partial charge in [0, 0.05) is 23.9 Å². The lowest BCUT2D eigenvalue weighted by Crippen LogP contribution is -2.34. The summed E-state index contributed by atoms with van der Waals surface area (Å²) in [5, 5.41) is 5.07. The minimum absolute atomic E-state index is 0.0880. The fourth-order valence-corrected chi connectivity index (χ4v) is 5.80. The number of aromatic nitrogens is 2. The molecule has 2 N–H and O–H groups in total. The molecule has 0 aliphatic carbocycles. The lowest BCUT2D eigenvalue weighted by molar-refractivity contribution is 0.0941. The molecule has 0 saturated carbocycles. The molecule has 1 amide bonds. The smallest absolute Gasteiger partial charge is 0.261 e. The molecule has 7 nitrogen and oxygen atoms in total. The zero-order valence-corrected chi connectivity index (χ0v) is 20.3. The normalized spacial score (nSPS) is 12.6. The van der Waals surface area contributed by atoms with Crippen LogP contribution < -0.4 is 10.0 Å². The zero-order valence-electron chi connectivity index (χ0n) is 18.7. The number of nitrogens with one attached hydrogen (secondary N) is 2. The third-order valence-corrected chi connectivity index (χ3v) is 7.66. The van der Waals surface area contributed by atoms with Crippen LogP contribution in [0.15, 0.2) is 64.9 Å². The third-order valence-electron chi connectivity index (χ3n) is 5.36. The number of hydrogen-bond donors (Lipinski definition) is 2. The molecule has 0 spiro atoms. The minimum atomic E-state index is -3.81. The number of thiophene rings is 1. The van der Waals surface area contributed by atoms with E-state index in [9.17, 15) is 13.2 Å². The number of amides is 1. The predicted molar refractivity (Wildman–Crippen MR) is 132 cm³/mol. The molecule has 0 aliphatic heterocycles. The highest BCUT2D eigenvalue weighted by Gasteiger charge is 2.22. The van der Waals surface area contributed by atoms with Gasteiger partial charge in [0.15, 0.2) is 0 Å². The van der Waals surface area contributed by atoms with Gasteiger partial charge < -0.3 is 9.88 Å². The predicted octanol–water partition coefficient (Wildman–Crippen LogP) is 4.59. The molecule has 0 aliphatic rings. The van der Waals surface area contributed by atoms with E-state index in [1.807, 2.05) is 42.9 Å². The first-order valence-corrected chi connectivity index (χ1v) is 13.1. The van der Waals surface area contributed by atoms with Crippen LogP contribution in [0.5, 0.6) is 0 Å². The number of benzene rings is 2. The van der Waals surface area contributed by atoms with Crippen LogP contribution in [0.3, 0.4) is 0 Å². The second kappa shape index (κ2) is 9.36. The number of nitrogens with zero attached hydrogens (tertiary/aromatic N) is 2. The molecule has 33 heavy (non-hydrogen) atoms. The molecule has 0 bridgehead atoms. The number of carbonyl (C=O) groups excluding carboxylic acids is 1. The monoisotopic (exact) mass is 482 g/mol. The molecule has 4 aromatic rings. The quantitative estimate of drug-likeness (QED) is 0.384. The van der Waals surface area contributed by atoms with Crippen LogP contribution in [-0.4, -0.2) is 29.9 Å². The van der Waals surface area contributed by atoms with Crippen molar-refractivity contribution >= 4 is 44.0 Å². The number of sulfonamides is 1. The maximum Gasteiger partial charge on any atom is 0.261 e. The summed E-state index contributed by atoms with van der Waals surface area (Å²) in [7, 11) is -3.81. The van der Waals surface area contributed by atoms with Crippen LogP contribution in [0.2, 0.25) is 0 Å². The third kappa shape index (κ3) is 4.94. The van der Waals surface area contributed by atoms with Gasteiger partial charge in [0.05, 0.1) is 27.2 Å². The molecule has 2 heterocycles. The molecule has 0 fully saturated rings. The van der Waals surface area contributed by atoms with Crippen LogP contribution in [0.25, 0.3) is 11.0 Å². The van der Waals surface area contributed by atoms with E-state index in [2.05, 4.69) is 15.0 Å². The van der Waals surface area contributed by atoms with Crippen LogP contribution >= 0.6 is 11.3 Å². The van der Waals surface area contributed by atoms with Crippen LogP contribution in [0, 0.1) is 6.92 Å². The van der Waals surface area contributed by atoms with Gasteiger partial charge in [-0.25, -0.2) is 13.4 Å². The van der Waals surface area contributed by atoms with Gasteiger partial charge >= 0.3 is 0 Å². The van der Waals surface area contributed by atoms with E-state index in [0.29, 0.717) is 28.8 Å². The molecular formula is C24H26N4O3S2. The van der Waals surface area contributed by atoms with Crippen molar-refractivity contribution < 1.29 is 13.2 Å². The van der Waals surface area contributed by atoms with E-state index in [0.717, 1.165) is 12.2 Å². The number of rotatable bonds is 8. The molecule has 4 rings (SSSR count). The highest BCUT2D eigenvalue weighted by Crippen LogP contribution is 2.27. The first kappa shape index (κ1) is 23.0. The molecule has 2 aromatic heterocycles. The van der Waals surface area contributed by atoms with Crippen LogP contribution in [0.4, 0.5) is 5.69 Å². The Kier molecular flexibility index (Phi) is 6.53. The van der Waals surface area contributed by atoms with Gasteiger partial charge in [-0.15, -0.1) is 11.3 Å². The van der Waals surface area contributed by atoms with E-state index in [1.165, 1.54) is 17.0 Å². The Bertz CT molecular complexity index is 1380. The summed E-state index contributed by atoms with van der Waals surface area (Å²) in [5.41, 5.74) is 1.94. The second-order valence-electron chi connectivity index (χ2n) is 7.87. The molecule has 172 valence electrons. The van der Waals surface area contributed by atoms with Gasteiger partial charge in [0.1, 0.15) is 5.82 Å². The molecule has 0 saturated heterocycles. The number of carbonyl (C=O) groups is 1. The average molecular weight is 483 g/mol. The second-order valence-corrected chi connectivity index (χ2v) is 10.6. The summed E-state index contributed by atoms with van der Waals surface area (Å²) in [6.45, 7) is 6.46. The average Bonchev–Trinajstić information content (AvgIpc) is 3.39. The highest BCUT2D eigenvalue weighted by molar-refractivity contribution is 7.92. The van der Waals surface area contributed by atoms with Crippen molar-refractivity contribution in [3.63, 3.8) is 0 Å². The molecule has 1 unspecified atom stereocenters. The summed E-state index contributed by atoms with van der Waals surface area (Å²) in [5.74, 6) is 0.496. The van der Waals surface area contributed by atoms with Gasteiger partial charge in [-0.3, -0.25) is 9.52 Å². The zero-order chi connectivity index (χ0) is 23.6. The number of aryl methyl sites for hydroxylation is 2. The number of fused-ring (bicyclic) bond motifs is 1. The van der Waals surface area contributed by atoms with Crippen molar-refractivity contribution in [2.45, 2.75) is 44.7 Å². The molecule has 9 heteroatoms. The van der Waals surface area contributed by atoms with Crippen molar-refractivity contribution in [1.82, 2.24) is 14.9 Å². The standard InChI is InChI=1S/C24H26N4O3S2/c1-4-28-17(3)26-22-15-18(27-33(30,31)20-10-6-5-7-11-20)14-21(23(22)28)24(29)25-16(2)13-19-9-8-12-32-19/h5-12,14-16,27H,4,13H2,1-3H3,(H,25,29). The summed E-state index contributed by atoms with van der Waals surface area (Å²) in [4.78, 5) is 19.3. The SMILES string of the molecule is CCn1c(C)nc2cc(NS(=O)(=O)c3ccccc3)cc(C(=O)NC(C)Cc3cccs3)c21. The van der Waals surface area contributed by atoms with Crippen LogP contribution in [0.1, 0.15) is 34.9 Å². The Morgan fingerprint density at radius 3 is 2.58 bits per heavy atom. The Morgan fingerprint density at radius 2 is 1.91 bits per heavy atom. The molecule has 0 radical (unpaired) electrons. The molecule has 2 aromatic carbocycles. The van der Waals surface area contributed by atoms with Crippen LogP contribution in [-0.2, 0) is 23.0 Å². The summed E-state index contributed by atoms with van der Waals surface area (Å²) in [6, 6.07) is 15.3. The van der Waals surface area contributed by atoms with Gasteiger partial charge in [-0.2, -0.15) is 0 Å². The maximum atomic E-state index is 13.3. The Morgan fingerprint density at radius 1 is 1.15 bits per heavy atom. The van der Waals surface area contributed by atoms with Gasteiger partial charge in [0.2, 0.25) is 0 Å². The Labute approximate surface area is 197 Å². The van der Waals surface area contributed by atoms with Gasteiger partial charge in [-0.1, -0.05) is 24.3 Å². The van der Waals surface area contributed by atoms with Crippen molar-refractivity contribution in [1.29, 1.82) is 0 Å². The maximum absolute atomic E-state index is 13.3. The van der Waals surface area contributed by atoms with Crippen molar-refractivity contribution in [3.8, 4) is 0 Å². The van der Waals surface area contributed by atoms with Crippen molar-refractivity contribution in [2.24, 2.45) is 0 Å². The Hall–Kier alpha value is -3.17. The van der Waals surface area contributed by atoms with E-state index in [4.69, 9.17) is 0 Å². The fraction of sp³-hybridized carbons (Fsp3) is 0.250. The lowest BCUT2D eigenvalue weighted by Gasteiger charge is -2.16. The largest absolute Gasteiger partial charge is 0.349 e. The first-order chi connectivity index (χ1) is 15.8. The van der Waals surface area contributed by atoms with E-state index in [1.54, 1.807) is 41.7 Å². The van der Waals surface area contributed by atoms with Crippen molar-refractivity contribution in [3.05, 3.63) is 76.2 Å². The fourth-order valence-electron chi connectivity index (χ4n) is 3.90. The molecule has 1 atom stereocenters. The Balaban J connectivity index is 1.71.